The molecule has 1 aromatic heterocycles. The molecule has 0 saturated carbocycles. The molecule has 1 heterocycles. The third-order valence-corrected chi connectivity index (χ3v) is 3.64. The SMILES string of the molecule is CC(C)(C)c1c(Cl)c(C(=O)O)nn1-c1cccc(Br)c1. The van der Waals surface area contributed by atoms with Crippen LogP contribution in [0.3, 0.4) is 0 Å². The number of aromatic carboxylic acids is 1. The summed E-state index contributed by atoms with van der Waals surface area (Å²) in [5, 5.41) is 13.5. The van der Waals surface area contributed by atoms with E-state index >= 15 is 0 Å². The molecule has 0 radical (unpaired) electrons. The van der Waals surface area contributed by atoms with Gasteiger partial charge < -0.3 is 5.11 Å². The first-order valence-electron chi connectivity index (χ1n) is 6.00. The van der Waals surface area contributed by atoms with Crippen molar-refractivity contribution in [2.45, 2.75) is 26.2 Å². The van der Waals surface area contributed by atoms with Crippen LogP contribution in [0.15, 0.2) is 28.7 Å². The molecule has 1 N–H and O–H groups in total. The topological polar surface area (TPSA) is 55.1 Å². The van der Waals surface area contributed by atoms with Gasteiger partial charge in [0, 0.05) is 9.89 Å². The summed E-state index contributed by atoms with van der Waals surface area (Å²) in [6.45, 7) is 5.90. The molecule has 1 aromatic carbocycles. The predicted molar refractivity (Wildman–Crippen MR) is 81.9 cm³/mol. The molecular formula is C14H14BrClN2O2. The number of nitrogens with zero attached hydrogens (tertiary/aromatic N) is 2. The summed E-state index contributed by atoms with van der Waals surface area (Å²) in [6.07, 6.45) is 0. The van der Waals surface area contributed by atoms with Crippen LogP contribution in [0.2, 0.25) is 5.02 Å². The average molecular weight is 358 g/mol. The number of benzene rings is 1. The van der Waals surface area contributed by atoms with Gasteiger partial charge in [-0.3, -0.25) is 0 Å². The summed E-state index contributed by atoms with van der Waals surface area (Å²) in [5.41, 5.74) is 0.977. The number of aromatic nitrogens is 2. The Morgan fingerprint density at radius 3 is 2.55 bits per heavy atom. The maximum Gasteiger partial charge on any atom is 0.358 e. The minimum Gasteiger partial charge on any atom is -0.476 e. The highest BCUT2D eigenvalue weighted by atomic mass is 79.9. The minimum atomic E-state index is -1.13. The van der Waals surface area contributed by atoms with Gasteiger partial charge in [0.25, 0.3) is 0 Å². The van der Waals surface area contributed by atoms with Gasteiger partial charge in [-0.25, -0.2) is 9.48 Å². The Kier molecular flexibility index (Phi) is 3.93. The van der Waals surface area contributed by atoms with Crippen LogP contribution in [0.5, 0.6) is 0 Å². The van der Waals surface area contributed by atoms with Crippen LogP contribution in [-0.4, -0.2) is 20.9 Å². The highest BCUT2D eigenvalue weighted by molar-refractivity contribution is 9.10. The standard InChI is InChI=1S/C14H14BrClN2O2/c1-14(2,3)12-10(16)11(13(19)20)17-18(12)9-6-4-5-8(15)7-9/h4-7H,1-3H3,(H,19,20). The van der Waals surface area contributed by atoms with Gasteiger partial charge in [-0.1, -0.05) is 54.4 Å². The van der Waals surface area contributed by atoms with Crippen molar-refractivity contribution >= 4 is 33.5 Å². The van der Waals surface area contributed by atoms with Crippen molar-refractivity contribution < 1.29 is 9.90 Å². The van der Waals surface area contributed by atoms with E-state index in [0.29, 0.717) is 5.69 Å². The first-order chi connectivity index (χ1) is 9.21. The first kappa shape index (κ1) is 15.1. The summed E-state index contributed by atoms with van der Waals surface area (Å²) in [7, 11) is 0. The lowest BCUT2D eigenvalue weighted by molar-refractivity contribution is 0.0690. The third-order valence-electron chi connectivity index (χ3n) is 2.79. The monoisotopic (exact) mass is 356 g/mol. The zero-order valence-electron chi connectivity index (χ0n) is 11.3. The van der Waals surface area contributed by atoms with E-state index in [0.717, 1.165) is 10.2 Å². The number of carboxylic acid groups (broad SMARTS) is 1. The third kappa shape index (κ3) is 2.74. The van der Waals surface area contributed by atoms with Gasteiger partial charge in [-0.05, 0) is 18.2 Å². The number of hydrogen-bond donors (Lipinski definition) is 1. The molecule has 2 rings (SSSR count). The Balaban J connectivity index is 2.75. The molecule has 0 unspecified atom stereocenters. The summed E-state index contributed by atoms with van der Waals surface area (Å²) < 4.78 is 2.48. The second-order valence-electron chi connectivity index (χ2n) is 5.46. The van der Waals surface area contributed by atoms with E-state index in [1.165, 1.54) is 0 Å². The molecule has 6 heteroatoms. The molecule has 0 aliphatic rings. The van der Waals surface area contributed by atoms with Gasteiger partial charge >= 0.3 is 5.97 Å². The van der Waals surface area contributed by atoms with Gasteiger partial charge in [0.15, 0.2) is 5.69 Å². The molecule has 0 saturated heterocycles. The number of carbonyl (C=O) groups is 1. The van der Waals surface area contributed by atoms with Crippen molar-refractivity contribution in [3.63, 3.8) is 0 Å². The number of carboxylic acids is 1. The molecule has 0 aliphatic heterocycles. The molecule has 0 aliphatic carbocycles. The lowest BCUT2D eigenvalue weighted by Gasteiger charge is -2.21. The number of rotatable bonds is 2. The fraction of sp³-hybridized carbons (Fsp3) is 0.286. The van der Waals surface area contributed by atoms with E-state index in [2.05, 4.69) is 21.0 Å². The molecule has 0 bridgehead atoms. The highest BCUT2D eigenvalue weighted by Crippen LogP contribution is 2.34. The van der Waals surface area contributed by atoms with E-state index in [4.69, 9.17) is 11.6 Å². The first-order valence-corrected chi connectivity index (χ1v) is 7.17. The van der Waals surface area contributed by atoms with E-state index in [-0.39, 0.29) is 16.1 Å². The van der Waals surface area contributed by atoms with Crippen LogP contribution < -0.4 is 0 Å². The summed E-state index contributed by atoms with van der Waals surface area (Å²) >= 11 is 9.62. The Morgan fingerprint density at radius 1 is 1.40 bits per heavy atom. The van der Waals surface area contributed by atoms with Gasteiger partial charge in [-0.15, -0.1) is 0 Å². The van der Waals surface area contributed by atoms with Crippen LogP contribution in [0, 0.1) is 0 Å². The van der Waals surface area contributed by atoms with E-state index in [1.54, 1.807) is 4.68 Å². The van der Waals surface area contributed by atoms with Crippen LogP contribution >= 0.6 is 27.5 Å². The highest BCUT2D eigenvalue weighted by Gasteiger charge is 2.29. The Morgan fingerprint density at radius 2 is 2.05 bits per heavy atom. The predicted octanol–water partition coefficient (Wildman–Crippen LogP) is 4.28. The molecule has 0 fully saturated rings. The molecule has 2 aromatic rings. The Labute approximate surface area is 130 Å². The molecular weight excluding hydrogens is 344 g/mol. The van der Waals surface area contributed by atoms with Gasteiger partial charge in [0.2, 0.25) is 0 Å². The van der Waals surface area contributed by atoms with Crippen molar-refractivity contribution in [1.29, 1.82) is 0 Å². The van der Waals surface area contributed by atoms with Crippen LogP contribution in [0.4, 0.5) is 0 Å². The lowest BCUT2D eigenvalue weighted by Crippen LogP contribution is -2.18. The smallest absolute Gasteiger partial charge is 0.358 e. The maximum atomic E-state index is 11.2. The molecule has 0 spiro atoms. The largest absolute Gasteiger partial charge is 0.476 e. The average Bonchev–Trinajstić information content (AvgIpc) is 2.66. The maximum absolute atomic E-state index is 11.2. The molecule has 106 valence electrons. The zero-order chi connectivity index (χ0) is 15.1. The fourth-order valence-corrected chi connectivity index (χ4v) is 2.85. The molecule has 4 nitrogen and oxygen atoms in total. The Hall–Kier alpha value is -1.33. The van der Waals surface area contributed by atoms with Gasteiger partial charge in [0.05, 0.1) is 16.4 Å². The second-order valence-corrected chi connectivity index (χ2v) is 6.75. The molecule has 0 amide bonds. The van der Waals surface area contributed by atoms with Crippen molar-refractivity contribution in [2.75, 3.05) is 0 Å². The van der Waals surface area contributed by atoms with Crippen LogP contribution in [0.1, 0.15) is 37.0 Å². The second kappa shape index (κ2) is 5.22. The summed E-state index contributed by atoms with van der Waals surface area (Å²) in [5.74, 6) is -1.13. The van der Waals surface area contributed by atoms with Crippen molar-refractivity contribution in [2.24, 2.45) is 0 Å². The summed E-state index contributed by atoms with van der Waals surface area (Å²) in [6, 6.07) is 7.48. The van der Waals surface area contributed by atoms with Crippen molar-refractivity contribution in [3.8, 4) is 5.69 Å². The van der Waals surface area contributed by atoms with Crippen molar-refractivity contribution in [1.82, 2.24) is 9.78 Å². The van der Waals surface area contributed by atoms with E-state index in [1.807, 2.05) is 45.0 Å². The van der Waals surface area contributed by atoms with Crippen LogP contribution in [0.25, 0.3) is 5.69 Å². The van der Waals surface area contributed by atoms with Gasteiger partial charge in [0.1, 0.15) is 0 Å². The zero-order valence-corrected chi connectivity index (χ0v) is 13.7. The van der Waals surface area contributed by atoms with E-state index < -0.39 is 5.97 Å². The fourth-order valence-electron chi connectivity index (χ4n) is 1.98. The number of halogens is 2. The molecule has 0 atom stereocenters. The van der Waals surface area contributed by atoms with Gasteiger partial charge in [-0.2, -0.15) is 5.10 Å². The van der Waals surface area contributed by atoms with E-state index in [9.17, 15) is 9.90 Å². The minimum absolute atomic E-state index is 0.128. The molecule has 20 heavy (non-hydrogen) atoms. The summed E-state index contributed by atoms with van der Waals surface area (Å²) in [4.78, 5) is 11.2. The Bertz CT molecular complexity index is 674. The quantitative estimate of drug-likeness (QED) is 0.872. The normalized spacial score (nSPS) is 11.7. The van der Waals surface area contributed by atoms with Crippen LogP contribution in [-0.2, 0) is 5.41 Å². The number of hydrogen-bond acceptors (Lipinski definition) is 2. The lowest BCUT2D eigenvalue weighted by atomic mass is 9.91. The van der Waals surface area contributed by atoms with Crippen molar-refractivity contribution in [3.05, 3.63) is 45.1 Å².